The van der Waals surface area contributed by atoms with Crippen LogP contribution < -0.4 is 0 Å². The molecule has 1 aromatic carbocycles. The fraction of sp³-hybridized carbons (Fsp3) is 0.375. The molecule has 2 aromatic heterocycles. The normalized spacial score (nSPS) is 13.0. The number of halogens is 1. The van der Waals surface area contributed by atoms with E-state index in [-0.39, 0.29) is 5.38 Å². The van der Waals surface area contributed by atoms with Crippen LogP contribution in [0.25, 0.3) is 11.0 Å². The molecule has 0 saturated carbocycles. The summed E-state index contributed by atoms with van der Waals surface area (Å²) in [6, 6.07) is 6.33. The van der Waals surface area contributed by atoms with Crippen molar-refractivity contribution in [2.45, 2.75) is 32.7 Å². The summed E-state index contributed by atoms with van der Waals surface area (Å²) in [4.78, 5) is 4.71. The summed E-state index contributed by atoms with van der Waals surface area (Å²) in [5.74, 6) is 0.903. The first-order valence-corrected chi connectivity index (χ1v) is 7.49. The Labute approximate surface area is 129 Å². The van der Waals surface area contributed by atoms with Crippen LogP contribution in [0, 0.1) is 13.8 Å². The van der Waals surface area contributed by atoms with Crippen LogP contribution in [-0.4, -0.2) is 19.3 Å². The molecule has 0 aliphatic rings. The maximum atomic E-state index is 6.33. The van der Waals surface area contributed by atoms with Crippen LogP contribution in [0.3, 0.4) is 0 Å². The lowest BCUT2D eigenvalue weighted by Gasteiger charge is -2.10. The SMILES string of the molecule is Cc1ccc2c(c1)nc(C(C)Cl)n2Cc1cnn(C)c1C. The van der Waals surface area contributed by atoms with E-state index in [1.54, 1.807) is 0 Å². The maximum Gasteiger partial charge on any atom is 0.128 e. The summed E-state index contributed by atoms with van der Waals surface area (Å²) < 4.78 is 4.08. The van der Waals surface area contributed by atoms with Crippen LogP contribution in [0.5, 0.6) is 0 Å². The number of hydrogen-bond acceptors (Lipinski definition) is 2. The minimum absolute atomic E-state index is 0.130. The first-order valence-electron chi connectivity index (χ1n) is 7.05. The average Bonchev–Trinajstić information content (AvgIpc) is 2.94. The molecule has 2 heterocycles. The number of nitrogens with zero attached hydrogens (tertiary/aromatic N) is 4. The molecule has 0 N–H and O–H groups in total. The second kappa shape index (κ2) is 5.19. The number of aromatic nitrogens is 4. The monoisotopic (exact) mass is 302 g/mol. The van der Waals surface area contributed by atoms with Gasteiger partial charge in [-0.05, 0) is 38.5 Å². The fourth-order valence-corrected chi connectivity index (χ4v) is 2.76. The van der Waals surface area contributed by atoms with Gasteiger partial charge in [0.2, 0.25) is 0 Å². The van der Waals surface area contributed by atoms with Gasteiger partial charge in [0.25, 0.3) is 0 Å². The number of benzene rings is 1. The molecular weight excluding hydrogens is 284 g/mol. The number of hydrogen-bond donors (Lipinski definition) is 0. The number of fused-ring (bicyclic) bond motifs is 1. The molecule has 3 rings (SSSR count). The predicted molar refractivity (Wildman–Crippen MR) is 85.8 cm³/mol. The Hall–Kier alpha value is -1.81. The summed E-state index contributed by atoms with van der Waals surface area (Å²) in [5, 5.41) is 4.19. The molecule has 0 bridgehead atoms. The van der Waals surface area contributed by atoms with Crippen molar-refractivity contribution in [2.24, 2.45) is 7.05 Å². The third-order valence-corrected chi connectivity index (χ3v) is 4.15. The van der Waals surface area contributed by atoms with Crippen molar-refractivity contribution in [3.8, 4) is 0 Å². The van der Waals surface area contributed by atoms with E-state index in [1.165, 1.54) is 11.1 Å². The van der Waals surface area contributed by atoms with E-state index in [1.807, 2.05) is 24.9 Å². The molecule has 0 amide bonds. The van der Waals surface area contributed by atoms with Gasteiger partial charge < -0.3 is 4.57 Å². The zero-order chi connectivity index (χ0) is 15.1. The van der Waals surface area contributed by atoms with Gasteiger partial charge in [0, 0.05) is 18.3 Å². The molecule has 110 valence electrons. The molecule has 3 aromatic rings. The lowest BCUT2D eigenvalue weighted by Crippen LogP contribution is -2.06. The quantitative estimate of drug-likeness (QED) is 0.691. The van der Waals surface area contributed by atoms with Gasteiger partial charge in [-0.3, -0.25) is 4.68 Å². The van der Waals surface area contributed by atoms with Crippen molar-refractivity contribution < 1.29 is 0 Å². The molecule has 0 radical (unpaired) electrons. The average molecular weight is 303 g/mol. The van der Waals surface area contributed by atoms with Crippen molar-refractivity contribution in [2.75, 3.05) is 0 Å². The van der Waals surface area contributed by atoms with Crippen molar-refractivity contribution >= 4 is 22.6 Å². The Morgan fingerprint density at radius 3 is 2.67 bits per heavy atom. The summed E-state index contributed by atoms with van der Waals surface area (Å²) in [6.45, 7) is 6.86. The van der Waals surface area contributed by atoms with E-state index >= 15 is 0 Å². The molecule has 1 unspecified atom stereocenters. The van der Waals surface area contributed by atoms with E-state index in [0.29, 0.717) is 0 Å². The van der Waals surface area contributed by atoms with Gasteiger partial charge in [-0.1, -0.05) is 6.07 Å². The standard InChI is InChI=1S/C16H19ClN4/c1-10-5-6-15-14(7-10)19-16(11(2)17)21(15)9-13-8-18-20(4)12(13)3/h5-8,11H,9H2,1-4H3. The van der Waals surface area contributed by atoms with Crippen LogP contribution in [0.15, 0.2) is 24.4 Å². The molecule has 0 aliphatic carbocycles. The second-order valence-corrected chi connectivity index (χ2v) is 6.20. The third-order valence-electron chi connectivity index (χ3n) is 3.95. The Morgan fingerprint density at radius 1 is 1.29 bits per heavy atom. The number of rotatable bonds is 3. The molecule has 0 spiro atoms. The summed E-state index contributed by atoms with van der Waals surface area (Å²) in [7, 11) is 1.96. The first-order chi connectivity index (χ1) is 9.97. The van der Waals surface area contributed by atoms with E-state index in [4.69, 9.17) is 16.6 Å². The molecule has 0 fully saturated rings. The number of imidazole rings is 1. The molecule has 4 nitrogen and oxygen atoms in total. The van der Waals surface area contributed by atoms with Crippen LogP contribution in [0.4, 0.5) is 0 Å². The van der Waals surface area contributed by atoms with Crippen molar-refractivity contribution in [3.05, 3.63) is 47.0 Å². The third kappa shape index (κ3) is 2.44. The lowest BCUT2D eigenvalue weighted by molar-refractivity contribution is 0.720. The lowest BCUT2D eigenvalue weighted by atomic mass is 10.2. The van der Waals surface area contributed by atoms with Crippen LogP contribution in [0.1, 0.15) is 34.9 Å². The van der Waals surface area contributed by atoms with Crippen LogP contribution in [0.2, 0.25) is 0 Å². The summed E-state index contributed by atoms with van der Waals surface area (Å²) >= 11 is 6.33. The van der Waals surface area contributed by atoms with E-state index in [9.17, 15) is 0 Å². The Kier molecular flexibility index (Phi) is 3.49. The largest absolute Gasteiger partial charge is 0.322 e. The minimum atomic E-state index is -0.130. The van der Waals surface area contributed by atoms with Gasteiger partial charge in [-0.15, -0.1) is 11.6 Å². The Bertz CT molecular complexity index is 798. The second-order valence-electron chi connectivity index (χ2n) is 5.54. The maximum absolute atomic E-state index is 6.33. The molecule has 0 saturated heterocycles. The highest BCUT2D eigenvalue weighted by molar-refractivity contribution is 6.20. The van der Waals surface area contributed by atoms with Crippen molar-refractivity contribution in [3.63, 3.8) is 0 Å². The van der Waals surface area contributed by atoms with Crippen LogP contribution >= 0.6 is 11.6 Å². The van der Waals surface area contributed by atoms with Gasteiger partial charge in [-0.25, -0.2) is 4.98 Å². The molecule has 21 heavy (non-hydrogen) atoms. The van der Waals surface area contributed by atoms with Crippen LogP contribution in [-0.2, 0) is 13.6 Å². The summed E-state index contributed by atoms with van der Waals surface area (Å²) in [6.07, 6.45) is 1.91. The minimum Gasteiger partial charge on any atom is -0.322 e. The topological polar surface area (TPSA) is 35.6 Å². The number of aryl methyl sites for hydroxylation is 2. The van der Waals surface area contributed by atoms with Gasteiger partial charge in [0.1, 0.15) is 5.82 Å². The number of alkyl halides is 1. The molecular formula is C16H19ClN4. The highest BCUT2D eigenvalue weighted by atomic mass is 35.5. The van der Waals surface area contributed by atoms with E-state index in [2.05, 4.69) is 41.7 Å². The first kappa shape index (κ1) is 14.1. The van der Waals surface area contributed by atoms with E-state index in [0.717, 1.165) is 29.1 Å². The van der Waals surface area contributed by atoms with Crippen molar-refractivity contribution in [1.82, 2.24) is 19.3 Å². The highest BCUT2D eigenvalue weighted by Gasteiger charge is 2.16. The molecule has 5 heteroatoms. The van der Waals surface area contributed by atoms with Gasteiger partial charge in [-0.2, -0.15) is 5.10 Å². The van der Waals surface area contributed by atoms with E-state index < -0.39 is 0 Å². The smallest absolute Gasteiger partial charge is 0.128 e. The van der Waals surface area contributed by atoms with Gasteiger partial charge in [0.15, 0.2) is 0 Å². The van der Waals surface area contributed by atoms with Crippen molar-refractivity contribution in [1.29, 1.82) is 0 Å². The Morgan fingerprint density at radius 2 is 2.05 bits per heavy atom. The fourth-order valence-electron chi connectivity index (χ4n) is 2.60. The predicted octanol–water partition coefficient (Wildman–Crippen LogP) is 3.73. The Balaban J connectivity index is 2.15. The highest BCUT2D eigenvalue weighted by Crippen LogP contribution is 2.26. The molecule has 0 aliphatic heterocycles. The molecule has 1 atom stereocenters. The van der Waals surface area contributed by atoms with Gasteiger partial charge in [0.05, 0.1) is 29.2 Å². The summed E-state index contributed by atoms with van der Waals surface area (Å²) in [5.41, 5.74) is 5.68. The van der Waals surface area contributed by atoms with Gasteiger partial charge >= 0.3 is 0 Å². The zero-order valence-corrected chi connectivity index (χ0v) is 13.5. The zero-order valence-electron chi connectivity index (χ0n) is 12.8.